The number of benzene rings is 2. The zero-order chi connectivity index (χ0) is 13.8. The van der Waals surface area contributed by atoms with Crippen molar-refractivity contribution >= 4 is 28.5 Å². The van der Waals surface area contributed by atoms with Gasteiger partial charge in [0.25, 0.3) is 0 Å². The van der Waals surface area contributed by atoms with Crippen LogP contribution in [0.3, 0.4) is 0 Å². The number of fused-ring (bicyclic) bond motifs is 1. The van der Waals surface area contributed by atoms with E-state index >= 15 is 0 Å². The van der Waals surface area contributed by atoms with E-state index < -0.39 is 5.97 Å². The molecule has 2 aromatic rings. The monoisotopic (exact) mass is 274 g/mol. The van der Waals surface area contributed by atoms with E-state index in [4.69, 9.17) is 0 Å². The molecule has 2 aromatic carbocycles. The van der Waals surface area contributed by atoms with E-state index in [1.807, 2.05) is 42.1 Å². The highest BCUT2D eigenvalue weighted by Gasteiger charge is 2.11. The van der Waals surface area contributed by atoms with Crippen molar-refractivity contribution in [3.05, 3.63) is 42.0 Å². The maximum Gasteiger partial charge on any atom is 0.336 e. The summed E-state index contributed by atoms with van der Waals surface area (Å²) in [5.41, 5.74) is 0.378. The van der Waals surface area contributed by atoms with E-state index in [1.54, 1.807) is 6.07 Å². The first-order valence-electron chi connectivity index (χ1n) is 6.51. The summed E-state index contributed by atoms with van der Waals surface area (Å²) in [5, 5.41) is 11.1. The van der Waals surface area contributed by atoms with Crippen LogP contribution >= 0.6 is 11.8 Å². The van der Waals surface area contributed by atoms with Crippen LogP contribution in [0, 0.1) is 5.92 Å². The van der Waals surface area contributed by atoms with Crippen LogP contribution in [0.1, 0.15) is 30.6 Å². The molecule has 1 N–H and O–H groups in total. The van der Waals surface area contributed by atoms with Crippen molar-refractivity contribution in [1.29, 1.82) is 0 Å². The Morgan fingerprint density at radius 1 is 1.21 bits per heavy atom. The Kier molecular flexibility index (Phi) is 4.48. The Bertz CT molecular complexity index is 592. The van der Waals surface area contributed by atoms with Gasteiger partial charge in [-0.2, -0.15) is 0 Å². The lowest BCUT2D eigenvalue weighted by Crippen LogP contribution is -1.99. The molecule has 2 nitrogen and oxygen atoms in total. The van der Waals surface area contributed by atoms with Crippen molar-refractivity contribution in [2.75, 3.05) is 5.75 Å². The minimum atomic E-state index is -0.866. The smallest absolute Gasteiger partial charge is 0.336 e. The molecule has 0 aliphatic rings. The maximum absolute atomic E-state index is 11.2. The number of rotatable bonds is 5. The molecule has 2 rings (SSSR count). The van der Waals surface area contributed by atoms with Gasteiger partial charge < -0.3 is 5.11 Å². The molecule has 0 amide bonds. The molecule has 0 saturated carbocycles. The Morgan fingerprint density at radius 3 is 2.53 bits per heavy atom. The van der Waals surface area contributed by atoms with Gasteiger partial charge in [-0.3, -0.25) is 0 Å². The highest BCUT2D eigenvalue weighted by molar-refractivity contribution is 7.99. The molecule has 0 aliphatic carbocycles. The van der Waals surface area contributed by atoms with E-state index in [2.05, 4.69) is 13.8 Å². The van der Waals surface area contributed by atoms with E-state index in [0.717, 1.165) is 22.9 Å². The lowest BCUT2D eigenvalue weighted by Gasteiger charge is -2.11. The second-order valence-electron chi connectivity index (χ2n) is 4.79. The van der Waals surface area contributed by atoms with Gasteiger partial charge in [0.05, 0.1) is 5.56 Å². The summed E-state index contributed by atoms with van der Waals surface area (Å²) in [5.74, 6) is 0.866. The highest BCUT2D eigenvalue weighted by Crippen LogP contribution is 2.31. The van der Waals surface area contributed by atoms with Gasteiger partial charge in [0, 0.05) is 10.6 Å². The van der Waals surface area contributed by atoms with Gasteiger partial charge in [-0.05, 0) is 28.8 Å². The van der Waals surface area contributed by atoms with Gasteiger partial charge in [0.15, 0.2) is 0 Å². The molecule has 100 valence electrons. The molecule has 1 unspecified atom stereocenters. The van der Waals surface area contributed by atoms with E-state index in [-0.39, 0.29) is 0 Å². The minimum Gasteiger partial charge on any atom is -0.478 e. The van der Waals surface area contributed by atoms with Crippen molar-refractivity contribution in [2.45, 2.75) is 25.2 Å². The fraction of sp³-hybridized carbons (Fsp3) is 0.312. The first kappa shape index (κ1) is 13.9. The zero-order valence-electron chi connectivity index (χ0n) is 11.2. The van der Waals surface area contributed by atoms with Crippen LogP contribution in [0.15, 0.2) is 41.3 Å². The molecule has 0 saturated heterocycles. The van der Waals surface area contributed by atoms with Crippen LogP contribution in [0.4, 0.5) is 0 Å². The Morgan fingerprint density at radius 2 is 1.89 bits per heavy atom. The third-order valence-electron chi connectivity index (χ3n) is 3.33. The van der Waals surface area contributed by atoms with Gasteiger partial charge in [0.1, 0.15) is 0 Å². The van der Waals surface area contributed by atoms with Gasteiger partial charge in [0.2, 0.25) is 0 Å². The first-order valence-corrected chi connectivity index (χ1v) is 7.50. The number of hydrogen-bond donors (Lipinski definition) is 1. The number of carbonyl (C=O) groups is 1. The predicted molar refractivity (Wildman–Crippen MR) is 81.1 cm³/mol. The lowest BCUT2D eigenvalue weighted by atomic mass is 10.0. The van der Waals surface area contributed by atoms with Crippen molar-refractivity contribution in [2.24, 2.45) is 5.92 Å². The largest absolute Gasteiger partial charge is 0.478 e. The number of carboxylic acids is 1. The number of carboxylic acid groups (broad SMARTS) is 1. The van der Waals surface area contributed by atoms with E-state index in [0.29, 0.717) is 11.5 Å². The minimum absolute atomic E-state index is 0.378. The average Bonchev–Trinajstić information content (AvgIpc) is 2.43. The summed E-state index contributed by atoms with van der Waals surface area (Å²) in [6, 6.07) is 11.4. The van der Waals surface area contributed by atoms with Crippen LogP contribution in [-0.2, 0) is 0 Å². The van der Waals surface area contributed by atoms with Crippen LogP contribution < -0.4 is 0 Å². The molecular weight excluding hydrogens is 256 g/mol. The molecule has 0 spiro atoms. The fourth-order valence-electron chi connectivity index (χ4n) is 1.93. The molecule has 0 radical (unpaired) electrons. The van der Waals surface area contributed by atoms with Crippen molar-refractivity contribution in [3.63, 3.8) is 0 Å². The van der Waals surface area contributed by atoms with E-state index in [9.17, 15) is 9.90 Å². The molecule has 0 aromatic heterocycles. The van der Waals surface area contributed by atoms with E-state index in [1.165, 1.54) is 4.90 Å². The third kappa shape index (κ3) is 3.10. The molecule has 0 fully saturated rings. The molecule has 0 aliphatic heterocycles. The topological polar surface area (TPSA) is 37.3 Å². The van der Waals surface area contributed by atoms with Gasteiger partial charge in [-0.15, -0.1) is 11.8 Å². The molecular formula is C16H18O2S. The van der Waals surface area contributed by atoms with Crippen LogP contribution in [0.2, 0.25) is 0 Å². The summed E-state index contributed by atoms with van der Waals surface area (Å²) in [4.78, 5) is 12.4. The average molecular weight is 274 g/mol. The fourth-order valence-corrected chi connectivity index (χ4v) is 3.13. The number of hydrogen-bond acceptors (Lipinski definition) is 2. The maximum atomic E-state index is 11.2. The summed E-state index contributed by atoms with van der Waals surface area (Å²) in [6.07, 6.45) is 1.16. The normalized spacial score (nSPS) is 12.5. The predicted octanol–water partition coefficient (Wildman–Crippen LogP) is 4.68. The second kappa shape index (κ2) is 6.11. The zero-order valence-corrected chi connectivity index (χ0v) is 12.0. The Balaban J connectivity index is 2.41. The third-order valence-corrected chi connectivity index (χ3v) is 4.74. The number of thioether (sulfide) groups is 1. The summed E-state index contributed by atoms with van der Waals surface area (Å²) < 4.78 is 0. The quantitative estimate of drug-likeness (QED) is 0.805. The standard InChI is InChI=1S/C16H18O2S/c1-3-11(2)10-19-15-9-8-14(16(17)18)12-6-4-5-7-13(12)15/h4-9,11H,3,10H2,1-2H3,(H,17,18). The Hall–Kier alpha value is -1.48. The van der Waals surface area contributed by atoms with Gasteiger partial charge >= 0.3 is 5.97 Å². The number of aromatic carboxylic acids is 1. The summed E-state index contributed by atoms with van der Waals surface area (Å²) in [7, 11) is 0. The SMILES string of the molecule is CCC(C)CSc1ccc(C(=O)O)c2ccccc12. The van der Waals surface area contributed by atoms with Crippen molar-refractivity contribution in [3.8, 4) is 0 Å². The van der Waals surface area contributed by atoms with Crippen LogP contribution in [-0.4, -0.2) is 16.8 Å². The van der Waals surface area contributed by atoms with Crippen LogP contribution in [0.5, 0.6) is 0 Å². The van der Waals surface area contributed by atoms with Crippen LogP contribution in [0.25, 0.3) is 10.8 Å². The first-order chi connectivity index (χ1) is 9.13. The lowest BCUT2D eigenvalue weighted by molar-refractivity contribution is 0.0699. The summed E-state index contributed by atoms with van der Waals surface area (Å²) in [6.45, 7) is 4.43. The molecule has 3 heteroatoms. The second-order valence-corrected chi connectivity index (χ2v) is 5.85. The summed E-state index contributed by atoms with van der Waals surface area (Å²) >= 11 is 1.81. The molecule has 0 heterocycles. The molecule has 1 atom stereocenters. The van der Waals surface area contributed by atoms with Gasteiger partial charge in [-0.25, -0.2) is 4.79 Å². The highest BCUT2D eigenvalue weighted by atomic mass is 32.2. The molecule has 0 bridgehead atoms. The van der Waals surface area contributed by atoms with Crippen molar-refractivity contribution in [1.82, 2.24) is 0 Å². The van der Waals surface area contributed by atoms with Crippen molar-refractivity contribution < 1.29 is 9.90 Å². The Labute approximate surface area is 117 Å². The van der Waals surface area contributed by atoms with Gasteiger partial charge in [-0.1, -0.05) is 44.5 Å². The molecule has 19 heavy (non-hydrogen) atoms.